The molecule has 0 aromatic carbocycles. The number of hydrogen-bond acceptors (Lipinski definition) is 4. The number of ether oxygens (including phenoxy) is 1. The van der Waals surface area contributed by atoms with Crippen molar-refractivity contribution in [1.29, 1.82) is 0 Å². The molecule has 72 valence electrons. The van der Waals surface area contributed by atoms with E-state index in [1.807, 2.05) is 0 Å². The molecule has 0 amide bonds. The largest absolute Gasteiger partial charge is 0.490 e. The molecule has 0 rings (SSSR count). The van der Waals surface area contributed by atoms with E-state index < -0.39 is 31.4 Å². The molecule has 0 saturated heterocycles. The third-order valence-corrected chi connectivity index (χ3v) is 0.894. The van der Waals surface area contributed by atoms with Crippen LogP contribution >= 0.6 is 0 Å². The van der Waals surface area contributed by atoms with Crippen LogP contribution in [0, 0.1) is 0 Å². The predicted octanol–water partition coefficient (Wildman–Crippen LogP) is -0.589. The molecule has 0 aromatic heterocycles. The Bertz CT molecular complexity index is 159. The summed E-state index contributed by atoms with van der Waals surface area (Å²) in [6.45, 7) is -1.18. The number of alkyl halides is 3. The molecule has 0 unspecified atom stereocenters. The van der Waals surface area contributed by atoms with Gasteiger partial charge < -0.3 is 15.6 Å². The smallest absolute Gasteiger partial charge is 0.457 e. The molecule has 0 radical (unpaired) electrons. The van der Waals surface area contributed by atoms with Crippen LogP contribution in [-0.4, -0.2) is 36.5 Å². The molecule has 0 aliphatic heterocycles. The van der Waals surface area contributed by atoms with Gasteiger partial charge in [0.2, 0.25) is 0 Å². The van der Waals surface area contributed by atoms with Crippen LogP contribution in [0.3, 0.4) is 0 Å². The molecule has 0 aliphatic carbocycles. The number of esters is 1. The number of nitrogens with two attached hydrogens (primary N) is 1. The molecule has 0 bridgehead atoms. The molecule has 7 heteroatoms. The number of carbonyl (C=O) groups is 1. The SMILES string of the molecule is N[C@H](CO)COC(=O)C(F)(F)F. The highest BCUT2D eigenvalue weighted by atomic mass is 19.4. The fraction of sp³-hybridized carbons (Fsp3) is 0.800. The molecule has 0 aliphatic rings. The number of hydrogen-bond donors (Lipinski definition) is 2. The van der Waals surface area contributed by atoms with Gasteiger partial charge in [0.25, 0.3) is 0 Å². The Labute approximate surface area is 66.1 Å². The number of carbonyl (C=O) groups excluding carboxylic acids is 1. The molecule has 12 heavy (non-hydrogen) atoms. The van der Waals surface area contributed by atoms with E-state index in [4.69, 9.17) is 10.8 Å². The van der Waals surface area contributed by atoms with Gasteiger partial charge in [0.1, 0.15) is 6.61 Å². The van der Waals surface area contributed by atoms with Crippen molar-refractivity contribution in [3.05, 3.63) is 0 Å². The Morgan fingerprint density at radius 2 is 2.08 bits per heavy atom. The van der Waals surface area contributed by atoms with Gasteiger partial charge in [-0.3, -0.25) is 0 Å². The number of aliphatic hydroxyl groups excluding tert-OH is 1. The predicted molar refractivity (Wildman–Crippen MR) is 32.1 cm³/mol. The highest BCUT2D eigenvalue weighted by molar-refractivity contribution is 5.75. The van der Waals surface area contributed by atoms with Crippen LogP contribution in [0.4, 0.5) is 13.2 Å². The third-order valence-electron chi connectivity index (χ3n) is 0.894. The average Bonchev–Trinajstić information content (AvgIpc) is 1.97. The van der Waals surface area contributed by atoms with Gasteiger partial charge in [-0.15, -0.1) is 0 Å². The quantitative estimate of drug-likeness (QED) is 0.579. The lowest BCUT2D eigenvalue weighted by Gasteiger charge is -2.10. The zero-order chi connectivity index (χ0) is 9.78. The third kappa shape index (κ3) is 4.14. The summed E-state index contributed by atoms with van der Waals surface area (Å²) in [5.74, 6) is -2.30. The first kappa shape index (κ1) is 11.2. The minimum atomic E-state index is -5.00. The minimum Gasteiger partial charge on any atom is -0.457 e. The lowest BCUT2D eigenvalue weighted by Crippen LogP contribution is -2.34. The van der Waals surface area contributed by atoms with Crippen LogP contribution < -0.4 is 5.73 Å². The van der Waals surface area contributed by atoms with E-state index in [1.54, 1.807) is 0 Å². The van der Waals surface area contributed by atoms with Crippen LogP contribution in [0.15, 0.2) is 0 Å². The van der Waals surface area contributed by atoms with Crippen molar-refractivity contribution in [3.8, 4) is 0 Å². The highest BCUT2D eigenvalue weighted by Crippen LogP contribution is 2.16. The first-order valence-electron chi connectivity index (χ1n) is 2.98. The summed E-state index contributed by atoms with van der Waals surface area (Å²) >= 11 is 0. The fourth-order valence-electron chi connectivity index (χ4n) is 0.317. The summed E-state index contributed by atoms with van der Waals surface area (Å²) in [5, 5.41) is 8.25. The Kier molecular flexibility index (Phi) is 3.98. The van der Waals surface area contributed by atoms with Gasteiger partial charge in [-0.25, -0.2) is 4.79 Å². The molecular weight excluding hydrogens is 179 g/mol. The molecule has 0 fully saturated rings. The van der Waals surface area contributed by atoms with Crippen LogP contribution in [0.5, 0.6) is 0 Å². The summed E-state index contributed by atoms with van der Waals surface area (Å²) in [4.78, 5) is 10.0. The van der Waals surface area contributed by atoms with E-state index in [0.717, 1.165) is 0 Å². The van der Waals surface area contributed by atoms with Gasteiger partial charge in [-0.05, 0) is 0 Å². The highest BCUT2D eigenvalue weighted by Gasteiger charge is 2.40. The fourth-order valence-corrected chi connectivity index (χ4v) is 0.317. The summed E-state index contributed by atoms with van der Waals surface area (Å²) in [7, 11) is 0. The Morgan fingerprint density at radius 1 is 1.58 bits per heavy atom. The summed E-state index contributed by atoms with van der Waals surface area (Å²) in [6, 6.07) is -0.976. The molecular formula is C5H8F3NO3. The minimum absolute atomic E-state index is 0.537. The molecule has 3 N–H and O–H groups in total. The maximum atomic E-state index is 11.4. The van der Waals surface area contributed by atoms with Gasteiger partial charge in [-0.1, -0.05) is 0 Å². The zero-order valence-electron chi connectivity index (χ0n) is 5.97. The second-order valence-electron chi connectivity index (χ2n) is 2.04. The molecule has 0 saturated carbocycles. The summed E-state index contributed by atoms with van der Waals surface area (Å²) in [6.07, 6.45) is -5.00. The second-order valence-corrected chi connectivity index (χ2v) is 2.04. The van der Waals surface area contributed by atoms with E-state index in [1.165, 1.54) is 0 Å². The van der Waals surface area contributed by atoms with Crippen molar-refractivity contribution < 1.29 is 27.8 Å². The van der Waals surface area contributed by atoms with Crippen LogP contribution in [0.2, 0.25) is 0 Å². The average molecular weight is 187 g/mol. The molecule has 4 nitrogen and oxygen atoms in total. The van der Waals surface area contributed by atoms with Gasteiger partial charge >= 0.3 is 12.1 Å². The molecule has 1 atom stereocenters. The maximum Gasteiger partial charge on any atom is 0.490 e. The van der Waals surface area contributed by atoms with Gasteiger partial charge in [0.05, 0.1) is 12.6 Å². The van der Waals surface area contributed by atoms with Gasteiger partial charge in [0, 0.05) is 0 Å². The van der Waals surface area contributed by atoms with E-state index >= 15 is 0 Å². The topological polar surface area (TPSA) is 72.6 Å². The van der Waals surface area contributed by atoms with Crippen molar-refractivity contribution in [3.63, 3.8) is 0 Å². The maximum absolute atomic E-state index is 11.4. The van der Waals surface area contributed by atoms with Crippen LogP contribution in [0.25, 0.3) is 0 Å². The van der Waals surface area contributed by atoms with Crippen molar-refractivity contribution in [2.24, 2.45) is 5.73 Å². The first-order valence-corrected chi connectivity index (χ1v) is 2.98. The standard InChI is InChI=1S/C5H8F3NO3/c6-5(7,8)4(11)12-2-3(9)1-10/h3,10H,1-2,9H2/t3-/m1/s1. The van der Waals surface area contributed by atoms with Crippen molar-refractivity contribution in [1.82, 2.24) is 0 Å². The lowest BCUT2D eigenvalue weighted by molar-refractivity contribution is -0.200. The van der Waals surface area contributed by atoms with Crippen molar-refractivity contribution in [2.75, 3.05) is 13.2 Å². The number of aliphatic hydroxyl groups is 1. The first-order chi connectivity index (χ1) is 5.38. The van der Waals surface area contributed by atoms with E-state index in [2.05, 4.69) is 4.74 Å². The number of halogens is 3. The molecule has 0 aromatic rings. The van der Waals surface area contributed by atoms with Crippen molar-refractivity contribution >= 4 is 5.97 Å². The van der Waals surface area contributed by atoms with E-state index in [-0.39, 0.29) is 0 Å². The van der Waals surface area contributed by atoms with Crippen LogP contribution in [-0.2, 0) is 9.53 Å². The second kappa shape index (κ2) is 4.27. The van der Waals surface area contributed by atoms with Gasteiger partial charge in [-0.2, -0.15) is 13.2 Å². The monoisotopic (exact) mass is 187 g/mol. The normalized spacial score (nSPS) is 14.1. The van der Waals surface area contributed by atoms with E-state index in [0.29, 0.717) is 0 Å². The Hall–Kier alpha value is -0.820. The number of rotatable bonds is 3. The lowest BCUT2D eigenvalue weighted by atomic mass is 10.4. The Morgan fingerprint density at radius 3 is 2.42 bits per heavy atom. The Balaban J connectivity index is 3.73. The van der Waals surface area contributed by atoms with Crippen molar-refractivity contribution in [2.45, 2.75) is 12.2 Å². The zero-order valence-corrected chi connectivity index (χ0v) is 5.97. The molecule has 0 spiro atoms. The molecule has 0 heterocycles. The van der Waals surface area contributed by atoms with E-state index in [9.17, 15) is 18.0 Å². The summed E-state index contributed by atoms with van der Waals surface area (Å²) < 4.78 is 38.0. The van der Waals surface area contributed by atoms with Gasteiger partial charge in [0.15, 0.2) is 0 Å². The summed E-state index contributed by atoms with van der Waals surface area (Å²) in [5.41, 5.74) is 4.97. The van der Waals surface area contributed by atoms with Crippen LogP contribution in [0.1, 0.15) is 0 Å².